The molecule has 0 saturated carbocycles. The Morgan fingerprint density at radius 3 is 2.86 bits per heavy atom. The van der Waals surface area contributed by atoms with Crippen molar-refractivity contribution in [1.29, 1.82) is 0 Å². The van der Waals surface area contributed by atoms with Gasteiger partial charge in [-0.05, 0) is 42.8 Å². The summed E-state index contributed by atoms with van der Waals surface area (Å²) in [5.41, 5.74) is 0.211. The van der Waals surface area contributed by atoms with Gasteiger partial charge in [0.1, 0.15) is 28.6 Å². The smallest absolute Gasteiger partial charge is 0.350 e. The molecular formula is C25H17FN2O6S. The molecule has 0 aliphatic carbocycles. The molecule has 1 atom stereocenters. The molecule has 1 N–H and O–H groups in total. The van der Waals surface area contributed by atoms with Gasteiger partial charge in [-0.1, -0.05) is 36.1 Å². The molecule has 1 unspecified atom stereocenters. The van der Waals surface area contributed by atoms with Gasteiger partial charge >= 0.3 is 5.97 Å². The van der Waals surface area contributed by atoms with Crippen molar-refractivity contribution in [3.8, 4) is 5.75 Å². The lowest BCUT2D eigenvalue weighted by Crippen LogP contribution is -2.29. The first-order chi connectivity index (χ1) is 16.8. The summed E-state index contributed by atoms with van der Waals surface area (Å²) < 4.78 is 24.8. The number of aromatic nitrogens is 1. The number of hydrogen-bond donors (Lipinski definition) is 1. The minimum atomic E-state index is -1.03. The van der Waals surface area contributed by atoms with Crippen molar-refractivity contribution in [2.45, 2.75) is 13.0 Å². The van der Waals surface area contributed by atoms with Crippen LogP contribution in [0.3, 0.4) is 0 Å². The molecule has 4 aromatic rings. The molecule has 2 aromatic carbocycles. The number of benzene rings is 2. The molecule has 35 heavy (non-hydrogen) atoms. The standard InChI is InChI=1S/C25H17FN2O6S/c1-3-9-33-24(32)22-12(2)27-25(35-22)28-19(13-5-4-6-15(29)10-13)18-20(30)16-11-14(26)7-8-17(16)34-21(18)23(28)31/h3-8,10-11,19,29H,1,9H2,2H3. The Balaban J connectivity index is 1.73. The predicted octanol–water partition coefficient (Wildman–Crippen LogP) is 4.50. The highest BCUT2D eigenvalue weighted by molar-refractivity contribution is 7.17. The fraction of sp³-hybridized carbons (Fsp3) is 0.120. The molecular weight excluding hydrogens is 475 g/mol. The Morgan fingerprint density at radius 2 is 2.11 bits per heavy atom. The van der Waals surface area contributed by atoms with Crippen molar-refractivity contribution >= 4 is 39.3 Å². The van der Waals surface area contributed by atoms with Gasteiger partial charge in [-0.3, -0.25) is 14.5 Å². The first-order valence-corrected chi connectivity index (χ1v) is 11.3. The number of fused-ring (bicyclic) bond motifs is 2. The highest BCUT2D eigenvalue weighted by atomic mass is 32.1. The van der Waals surface area contributed by atoms with Gasteiger partial charge in [-0.2, -0.15) is 0 Å². The van der Waals surface area contributed by atoms with Crippen LogP contribution in [-0.4, -0.2) is 28.6 Å². The van der Waals surface area contributed by atoms with Gasteiger partial charge in [0.15, 0.2) is 10.6 Å². The van der Waals surface area contributed by atoms with Crippen LogP contribution in [0, 0.1) is 12.7 Å². The lowest BCUT2D eigenvalue weighted by Gasteiger charge is -2.22. The number of nitrogens with zero attached hydrogens (tertiary/aromatic N) is 2. The number of aryl methyl sites for hydroxylation is 1. The van der Waals surface area contributed by atoms with Crippen LogP contribution in [0.15, 0.2) is 64.3 Å². The quantitative estimate of drug-likeness (QED) is 0.323. The van der Waals surface area contributed by atoms with E-state index in [0.717, 1.165) is 23.5 Å². The predicted molar refractivity (Wildman–Crippen MR) is 127 cm³/mol. The molecule has 8 nitrogen and oxygen atoms in total. The maximum absolute atomic E-state index is 13.9. The first kappa shape index (κ1) is 22.5. The van der Waals surface area contributed by atoms with Crippen LogP contribution in [0.25, 0.3) is 11.0 Å². The number of rotatable bonds is 5. The lowest BCUT2D eigenvalue weighted by molar-refractivity contribution is 0.0554. The maximum atomic E-state index is 13.9. The fourth-order valence-electron chi connectivity index (χ4n) is 4.03. The van der Waals surface area contributed by atoms with E-state index >= 15 is 0 Å². The van der Waals surface area contributed by atoms with Gasteiger partial charge in [-0.25, -0.2) is 14.2 Å². The van der Waals surface area contributed by atoms with Gasteiger partial charge in [-0.15, -0.1) is 0 Å². The van der Waals surface area contributed by atoms with Crippen molar-refractivity contribution in [2.75, 3.05) is 11.5 Å². The van der Waals surface area contributed by atoms with E-state index in [9.17, 15) is 23.9 Å². The van der Waals surface area contributed by atoms with E-state index in [1.807, 2.05) is 0 Å². The normalized spacial score (nSPS) is 14.9. The summed E-state index contributed by atoms with van der Waals surface area (Å²) in [7, 11) is 0. The Kier molecular flexibility index (Phi) is 5.45. The van der Waals surface area contributed by atoms with Crippen molar-refractivity contribution in [2.24, 2.45) is 0 Å². The second-order valence-corrected chi connectivity index (χ2v) is 8.76. The summed E-state index contributed by atoms with van der Waals surface area (Å²) in [5, 5.41) is 10.2. The number of phenols is 1. The molecule has 0 bridgehead atoms. The van der Waals surface area contributed by atoms with Gasteiger partial charge in [0.25, 0.3) is 5.91 Å². The molecule has 5 rings (SSSR count). The number of esters is 1. The number of amides is 1. The van der Waals surface area contributed by atoms with Gasteiger partial charge in [0.2, 0.25) is 5.76 Å². The average molecular weight is 492 g/mol. The zero-order valence-electron chi connectivity index (χ0n) is 18.3. The zero-order valence-corrected chi connectivity index (χ0v) is 19.1. The topological polar surface area (TPSA) is 110 Å². The number of anilines is 1. The van der Waals surface area contributed by atoms with Gasteiger partial charge in [0, 0.05) is 0 Å². The number of thiazole rings is 1. The van der Waals surface area contributed by atoms with Gasteiger partial charge in [0.05, 0.1) is 22.7 Å². The number of aromatic hydroxyl groups is 1. The molecule has 1 aliphatic rings. The summed E-state index contributed by atoms with van der Waals surface area (Å²) >= 11 is 0.924. The highest BCUT2D eigenvalue weighted by Crippen LogP contribution is 2.43. The largest absolute Gasteiger partial charge is 0.508 e. The summed E-state index contributed by atoms with van der Waals surface area (Å²) in [6.45, 7) is 5.12. The monoisotopic (exact) mass is 492 g/mol. The minimum absolute atomic E-state index is 0.00702. The fourth-order valence-corrected chi connectivity index (χ4v) is 5.01. The average Bonchev–Trinajstić information content (AvgIpc) is 3.35. The third kappa shape index (κ3) is 3.68. The molecule has 2 aromatic heterocycles. The van der Waals surface area contributed by atoms with Crippen molar-refractivity contribution in [3.63, 3.8) is 0 Å². The number of carbonyl (C=O) groups excluding carboxylic acids is 2. The molecule has 1 aliphatic heterocycles. The summed E-state index contributed by atoms with van der Waals surface area (Å²) in [5.74, 6) is -2.20. The van der Waals surface area contributed by atoms with Crippen LogP contribution < -0.4 is 10.3 Å². The van der Waals surface area contributed by atoms with Crippen molar-refractivity contribution < 1.29 is 28.2 Å². The zero-order chi connectivity index (χ0) is 24.9. The van der Waals surface area contributed by atoms with Crippen LogP contribution in [0.1, 0.15) is 43.1 Å². The molecule has 0 fully saturated rings. The molecule has 10 heteroatoms. The van der Waals surface area contributed by atoms with E-state index in [-0.39, 0.29) is 44.7 Å². The van der Waals surface area contributed by atoms with E-state index in [1.54, 1.807) is 19.1 Å². The van der Waals surface area contributed by atoms with Crippen LogP contribution in [0.2, 0.25) is 0 Å². The molecule has 0 spiro atoms. The summed E-state index contributed by atoms with van der Waals surface area (Å²) in [6.07, 6.45) is 1.43. The Hall–Kier alpha value is -4.31. The number of carbonyl (C=O) groups is 2. The molecule has 0 radical (unpaired) electrons. The number of phenolic OH excluding ortho intramolecular Hbond substituents is 1. The summed E-state index contributed by atoms with van der Waals surface area (Å²) in [6, 6.07) is 8.50. The van der Waals surface area contributed by atoms with Crippen LogP contribution in [-0.2, 0) is 4.74 Å². The third-order valence-corrected chi connectivity index (χ3v) is 6.66. The molecule has 1 amide bonds. The molecule has 176 valence electrons. The maximum Gasteiger partial charge on any atom is 0.350 e. The van der Waals surface area contributed by atoms with Crippen LogP contribution >= 0.6 is 11.3 Å². The molecule has 3 heterocycles. The first-order valence-electron chi connectivity index (χ1n) is 10.4. The third-order valence-electron chi connectivity index (χ3n) is 5.53. The lowest BCUT2D eigenvalue weighted by atomic mass is 9.98. The summed E-state index contributed by atoms with van der Waals surface area (Å²) in [4.78, 5) is 45.4. The Labute approximate surface area is 201 Å². The van der Waals surface area contributed by atoms with Gasteiger partial charge < -0.3 is 14.3 Å². The van der Waals surface area contributed by atoms with E-state index in [4.69, 9.17) is 9.15 Å². The van der Waals surface area contributed by atoms with Crippen molar-refractivity contribution in [1.82, 2.24) is 4.98 Å². The molecule has 0 saturated heterocycles. The number of halogens is 1. The minimum Gasteiger partial charge on any atom is -0.508 e. The van der Waals surface area contributed by atoms with E-state index in [2.05, 4.69) is 11.6 Å². The van der Waals surface area contributed by atoms with Crippen molar-refractivity contribution in [3.05, 3.63) is 98.6 Å². The number of ether oxygens (including phenoxy) is 1. The SMILES string of the molecule is C=CCOC(=O)c1sc(N2C(=O)c3oc4ccc(F)cc4c(=O)c3C2c2cccc(O)c2)nc1C. The second-order valence-electron chi connectivity index (χ2n) is 7.79. The number of hydrogen-bond acceptors (Lipinski definition) is 8. The van der Waals surface area contributed by atoms with Crippen LogP contribution in [0.4, 0.5) is 9.52 Å². The Bertz CT molecular complexity index is 1590. The Morgan fingerprint density at radius 1 is 1.31 bits per heavy atom. The van der Waals surface area contributed by atoms with Crippen LogP contribution in [0.5, 0.6) is 5.75 Å². The van der Waals surface area contributed by atoms with E-state index in [0.29, 0.717) is 11.3 Å². The second kappa shape index (κ2) is 8.48. The van der Waals surface area contributed by atoms with E-state index < -0.39 is 29.2 Å². The highest BCUT2D eigenvalue weighted by Gasteiger charge is 2.45. The van der Waals surface area contributed by atoms with E-state index in [1.165, 1.54) is 29.2 Å².